The lowest BCUT2D eigenvalue weighted by atomic mass is 10.2. The van der Waals surface area contributed by atoms with E-state index in [2.05, 4.69) is 15.4 Å². The van der Waals surface area contributed by atoms with E-state index in [1.54, 1.807) is 43.5 Å². The first-order valence-corrected chi connectivity index (χ1v) is 13.0. The molecule has 0 saturated carbocycles. The predicted octanol–water partition coefficient (Wildman–Crippen LogP) is 3.16. The SMILES string of the molecule is CC.COC(=O)C(C)NC(C)=O.CSC(=O)c1ccccc1OC(=O)c1ccccc1OC(=O)CNC(C)=O. The van der Waals surface area contributed by atoms with Gasteiger partial charge in [0.2, 0.25) is 16.9 Å². The van der Waals surface area contributed by atoms with Gasteiger partial charge in [-0.1, -0.05) is 49.9 Å². The molecule has 11 nitrogen and oxygen atoms in total. The number of methoxy groups -OCH3 is 1. The van der Waals surface area contributed by atoms with Gasteiger partial charge in [-0.05, 0) is 37.4 Å². The van der Waals surface area contributed by atoms with Crippen LogP contribution in [0.2, 0.25) is 0 Å². The Morgan fingerprint density at radius 3 is 1.82 bits per heavy atom. The number of nitrogens with one attached hydrogen (secondary N) is 2. The van der Waals surface area contributed by atoms with Crippen molar-refractivity contribution in [3.8, 4) is 11.5 Å². The molecule has 0 spiro atoms. The average Bonchev–Trinajstić information content (AvgIpc) is 2.92. The van der Waals surface area contributed by atoms with E-state index in [9.17, 15) is 28.8 Å². The Hall–Kier alpha value is -4.19. The fourth-order valence-corrected chi connectivity index (χ4v) is 3.00. The van der Waals surface area contributed by atoms with E-state index < -0.39 is 23.9 Å². The van der Waals surface area contributed by atoms with Gasteiger partial charge in [0.1, 0.15) is 29.6 Å². The molecule has 1 atom stereocenters. The van der Waals surface area contributed by atoms with E-state index in [1.807, 2.05) is 13.8 Å². The number of para-hydroxylation sites is 2. The molecule has 39 heavy (non-hydrogen) atoms. The van der Waals surface area contributed by atoms with Gasteiger partial charge in [-0.15, -0.1) is 0 Å². The Bertz CT molecular complexity index is 1150. The van der Waals surface area contributed by atoms with Gasteiger partial charge in [0.25, 0.3) is 0 Å². The molecule has 0 bridgehead atoms. The number of carbonyl (C=O) groups is 6. The monoisotopic (exact) mass is 562 g/mol. The molecule has 2 aromatic rings. The number of benzene rings is 2. The fraction of sp³-hybridized carbons (Fsp3) is 0.333. The van der Waals surface area contributed by atoms with Crippen molar-refractivity contribution in [1.29, 1.82) is 0 Å². The normalized spacial score (nSPS) is 10.1. The Labute approximate surface area is 232 Å². The zero-order valence-corrected chi connectivity index (χ0v) is 23.8. The van der Waals surface area contributed by atoms with Crippen LogP contribution < -0.4 is 20.1 Å². The summed E-state index contributed by atoms with van der Waals surface area (Å²) in [6.45, 7) is 7.85. The Kier molecular flexibility index (Phi) is 16.9. The van der Waals surface area contributed by atoms with Crippen LogP contribution in [0.25, 0.3) is 0 Å². The van der Waals surface area contributed by atoms with E-state index in [4.69, 9.17) is 9.47 Å². The molecule has 2 aromatic carbocycles. The lowest BCUT2D eigenvalue weighted by Crippen LogP contribution is -2.37. The van der Waals surface area contributed by atoms with Crippen molar-refractivity contribution in [2.75, 3.05) is 19.9 Å². The predicted molar refractivity (Wildman–Crippen MR) is 147 cm³/mol. The third-order valence-electron chi connectivity index (χ3n) is 4.28. The third-order valence-corrected chi connectivity index (χ3v) is 4.87. The number of amides is 2. The molecule has 0 aliphatic rings. The highest BCUT2D eigenvalue weighted by Gasteiger charge is 2.20. The summed E-state index contributed by atoms with van der Waals surface area (Å²) in [6.07, 6.45) is 1.63. The van der Waals surface area contributed by atoms with Crippen molar-refractivity contribution in [3.05, 3.63) is 59.7 Å². The zero-order chi connectivity index (χ0) is 30.0. The summed E-state index contributed by atoms with van der Waals surface area (Å²) < 4.78 is 14.8. The smallest absolute Gasteiger partial charge is 0.347 e. The Balaban J connectivity index is 0.00000101. The summed E-state index contributed by atoms with van der Waals surface area (Å²) in [4.78, 5) is 68.1. The van der Waals surface area contributed by atoms with Crippen molar-refractivity contribution in [2.24, 2.45) is 0 Å². The molecule has 212 valence electrons. The van der Waals surface area contributed by atoms with Gasteiger partial charge in [0, 0.05) is 13.8 Å². The molecule has 0 heterocycles. The first-order chi connectivity index (χ1) is 18.5. The van der Waals surface area contributed by atoms with Gasteiger partial charge in [-0.25, -0.2) is 14.4 Å². The number of ether oxygens (including phenoxy) is 3. The molecule has 2 rings (SSSR count). The van der Waals surface area contributed by atoms with Crippen molar-refractivity contribution in [1.82, 2.24) is 10.6 Å². The summed E-state index contributed by atoms with van der Waals surface area (Å²) in [5, 5.41) is 4.45. The molecule has 12 heteroatoms. The van der Waals surface area contributed by atoms with Crippen LogP contribution in [0, 0.1) is 0 Å². The summed E-state index contributed by atoms with van der Waals surface area (Å²) in [6, 6.07) is 11.8. The number of esters is 3. The molecule has 1 unspecified atom stereocenters. The van der Waals surface area contributed by atoms with Crippen molar-refractivity contribution < 1.29 is 43.0 Å². The summed E-state index contributed by atoms with van der Waals surface area (Å²) in [5.74, 6) is -2.46. The summed E-state index contributed by atoms with van der Waals surface area (Å²) >= 11 is 1.00. The first-order valence-electron chi connectivity index (χ1n) is 11.8. The summed E-state index contributed by atoms with van der Waals surface area (Å²) in [7, 11) is 1.28. The molecular weight excluding hydrogens is 528 g/mol. The van der Waals surface area contributed by atoms with E-state index in [1.165, 1.54) is 39.2 Å². The zero-order valence-electron chi connectivity index (χ0n) is 23.0. The van der Waals surface area contributed by atoms with Crippen LogP contribution in [0.1, 0.15) is 55.3 Å². The first kappa shape index (κ1) is 34.8. The molecule has 0 radical (unpaired) electrons. The standard InChI is InChI=1S/C19H17NO6S.C6H11NO3.C2H6/c1-12(21)20-11-17(22)25-15-9-5-3-7-13(15)18(23)26-16-10-6-4-8-14(16)19(24)27-2;1-4(6(9)10-3)7-5(2)8;1-2/h3-10H,11H2,1-2H3,(H,20,21);4H,1-3H3,(H,7,8);1-2H3. The van der Waals surface area contributed by atoms with Crippen molar-refractivity contribution >= 4 is 46.6 Å². The number of rotatable bonds is 8. The van der Waals surface area contributed by atoms with E-state index in [-0.39, 0.29) is 46.1 Å². The van der Waals surface area contributed by atoms with Gasteiger partial charge < -0.3 is 24.8 Å². The van der Waals surface area contributed by atoms with Crippen LogP contribution in [0.15, 0.2) is 48.5 Å². The van der Waals surface area contributed by atoms with Gasteiger partial charge in [0.05, 0.1) is 12.7 Å². The number of hydrogen-bond acceptors (Lipinski definition) is 10. The van der Waals surface area contributed by atoms with Crippen molar-refractivity contribution in [2.45, 2.75) is 40.7 Å². The second-order valence-electron chi connectivity index (χ2n) is 7.20. The highest BCUT2D eigenvalue weighted by Crippen LogP contribution is 2.25. The van der Waals surface area contributed by atoms with Crippen LogP contribution in [0.3, 0.4) is 0 Å². The second kappa shape index (κ2) is 19.0. The highest BCUT2D eigenvalue weighted by atomic mass is 32.2. The number of thioether (sulfide) groups is 1. The van der Waals surface area contributed by atoms with Gasteiger partial charge >= 0.3 is 17.9 Å². The van der Waals surface area contributed by atoms with Gasteiger partial charge in [0.15, 0.2) is 0 Å². The third kappa shape index (κ3) is 13.3. The maximum absolute atomic E-state index is 12.5. The molecular formula is C27H34N2O9S. The lowest BCUT2D eigenvalue weighted by Gasteiger charge is -2.11. The van der Waals surface area contributed by atoms with E-state index in [0.29, 0.717) is 0 Å². The minimum atomic E-state index is -0.778. The minimum absolute atomic E-state index is 0.00785. The molecule has 2 amide bonds. The quantitative estimate of drug-likeness (QED) is 0.362. The second-order valence-corrected chi connectivity index (χ2v) is 7.98. The van der Waals surface area contributed by atoms with Gasteiger partial charge in [-0.3, -0.25) is 14.4 Å². The maximum atomic E-state index is 12.5. The van der Waals surface area contributed by atoms with Crippen LogP contribution in [-0.2, 0) is 23.9 Å². The molecule has 0 aromatic heterocycles. The Morgan fingerprint density at radius 1 is 0.821 bits per heavy atom. The Morgan fingerprint density at radius 2 is 1.33 bits per heavy atom. The molecule has 0 aliphatic heterocycles. The van der Waals surface area contributed by atoms with E-state index in [0.717, 1.165) is 11.8 Å². The van der Waals surface area contributed by atoms with Crippen LogP contribution >= 0.6 is 11.8 Å². The molecule has 0 saturated heterocycles. The molecule has 0 fully saturated rings. The maximum Gasteiger partial charge on any atom is 0.347 e. The van der Waals surface area contributed by atoms with Crippen molar-refractivity contribution in [3.63, 3.8) is 0 Å². The minimum Gasteiger partial charge on any atom is -0.467 e. The van der Waals surface area contributed by atoms with E-state index >= 15 is 0 Å². The van der Waals surface area contributed by atoms with Crippen LogP contribution in [-0.4, -0.2) is 60.8 Å². The molecule has 0 aliphatic carbocycles. The average molecular weight is 563 g/mol. The topological polar surface area (TPSA) is 154 Å². The van der Waals surface area contributed by atoms with Crippen LogP contribution in [0.4, 0.5) is 0 Å². The van der Waals surface area contributed by atoms with Gasteiger partial charge in [-0.2, -0.15) is 0 Å². The lowest BCUT2D eigenvalue weighted by molar-refractivity contribution is -0.144. The van der Waals surface area contributed by atoms with Crippen LogP contribution in [0.5, 0.6) is 11.5 Å². The number of carbonyl (C=O) groups excluding carboxylic acids is 6. The summed E-state index contributed by atoms with van der Waals surface area (Å²) in [5.41, 5.74) is 0.276. The fourth-order valence-electron chi connectivity index (χ4n) is 2.61. The largest absolute Gasteiger partial charge is 0.467 e. The highest BCUT2D eigenvalue weighted by molar-refractivity contribution is 8.13. The molecule has 2 N–H and O–H groups in total. The number of hydrogen-bond donors (Lipinski definition) is 2.